The molecule has 0 bridgehead atoms. The van der Waals surface area contributed by atoms with Crippen molar-refractivity contribution in [1.29, 1.82) is 0 Å². The third kappa shape index (κ3) is 3.88. The third-order valence-electron chi connectivity index (χ3n) is 2.51. The van der Waals surface area contributed by atoms with Gasteiger partial charge >= 0.3 is 0 Å². The zero-order valence-corrected chi connectivity index (χ0v) is 10.5. The van der Waals surface area contributed by atoms with E-state index in [4.69, 9.17) is 11.5 Å². The van der Waals surface area contributed by atoms with Crippen molar-refractivity contribution < 1.29 is 0 Å². The fourth-order valence-electron chi connectivity index (χ4n) is 1.35. The van der Waals surface area contributed by atoms with Gasteiger partial charge in [0.1, 0.15) is 0 Å². The number of guanidine groups is 1. The van der Waals surface area contributed by atoms with Crippen LogP contribution in [-0.4, -0.2) is 36.7 Å². The number of nitrogens with two attached hydrogens (primary N) is 2. The highest BCUT2D eigenvalue weighted by Crippen LogP contribution is 2.08. The average molecular weight is 233 g/mol. The third-order valence-corrected chi connectivity index (χ3v) is 2.51. The van der Waals surface area contributed by atoms with Gasteiger partial charge in [-0.25, -0.2) is 0 Å². The highest BCUT2D eigenvalue weighted by atomic mass is 15.3. The zero-order chi connectivity index (χ0) is 12.8. The minimum Gasteiger partial charge on any atom is -0.369 e. The fraction of sp³-hybridized carbons (Fsp3) is 0.333. The van der Waals surface area contributed by atoms with Crippen molar-refractivity contribution in [3.8, 4) is 0 Å². The van der Waals surface area contributed by atoms with Gasteiger partial charge in [-0.1, -0.05) is 30.3 Å². The molecule has 0 saturated heterocycles. The van der Waals surface area contributed by atoms with Gasteiger partial charge in [0, 0.05) is 0 Å². The van der Waals surface area contributed by atoms with Crippen molar-refractivity contribution >= 4 is 11.7 Å². The van der Waals surface area contributed by atoms with Crippen molar-refractivity contribution in [2.24, 2.45) is 21.7 Å². The lowest BCUT2D eigenvalue weighted by Crippen LogP contribution is -2.33. The van der Waals surface area contributed by atoms with Crippen LogP contribution in [0.2, 0.25) is 0 Å². The molecule has 0 aliphatic heterocycles. The van der Waals surface area contributed by atoms with Crippen LogP contribution in [0.1, 0.15) is 12.5 Å². The molecule has 0 aliphatic carbocycles. The molecular weight excluding hydrogens is 214 g/mol. The summed E-state index contributed by atoms with van der Waals surface area (Å²) in [5, 5.41) is 7.87. The Morgan fingerprint density at radius 3 is 2.18 bits per heavy atom. The summed E-state index contributed by atoms with van der Waals surface area (Å²) < 4.78 is 0. The SMILES string of the molecule is CC(C(=NN=C(N)N)c1ccccc1)N(C)C. The Kier molecular flexibility index (Phi) is 4.66. The van der Waals surface area contributed by atoms with E-state index >= 15 is 0 Å². The molecule has 0 fully saturated rings. The summed E-state index contributed by atoms with van der Waals surface area (Å²) in [6.45, 7) is 2.05. The van der Waals surface area contributed by atoms with Gasteiger partial charge < -0.3 is 16.4 Å². The summed E-state index contributed by atoms with van der Waals surface area (Å²) in [5.74, 6) is -0.0376. The van der Waals surface area contributed by atoms with Crippen LogP contribution < -0.4 is 11.5 Å². The molecule has 0 heterocycles. The maximum Gasteiger partial charge on any atom is 0.211 e. The lowest BCUT2D eigenvalue weighted by atomic mass is 10.0. The van der Waals surface area contributed by atoms with E-state index in [1.54, 1.807) is 0 Å². The Morgan fingerprint density at radius 1 is 1.12 bits per heavy atom. The molecule has 4 N–H and O–H groups in total. The number of likely N-dealkylation sites (N-methyl/N-ethyl adjacent to an activating group) is 1. The Morgan fingerprint density at radius 2 is 1.71 bits per heavy atom. The van der Waals surface area contributed by atoms with Crippen LogP contribution in [-0.2, 0) is 0 Å². The van der Waals surface area contributed by atoms with Gasteiger partial charge in [-0.3, -0.25) is 0 Å². The molecule has 1 aromatic carbocycles. The molecule has 92 valence electrons. The second-order valence-corrected chi connectivity index (χ2v) is 4.02. The van der Waals surface area contributed by atoms with E-state index in [0.717, 1.165) is 11.3 Å². The molecule has 0 radical (unpaired) electrons. The topological polar surface area (TPSA) is 80.0 Å². The summed E-state index contributed by atoms with van der Waals surface area (Å²) in [6, 6.07) is 9.98. The first kappa shape index (κ1) is 13.2. The van der Waals surface area contributed by atoms with Crippen molar-refractivity contribution in [2.45, 2.75) is 13.0 Å². The largest absolute Gasteiger partial charge is 0.369 e. The Labute approximate surface area is 102 Å². The van der Waals surface area contributed by atoms with Crippen molar-refractivity contribution in [3.63, 3.8) is 0 Å². The predicted octanol–water partition coefficient (Wildman–Crippen LogP) is 0.614. The molecule has 0 amide bonds. The van der Waals surface area contributed by atoms with Gasteiger partial charge in [-0.05, 0) is 26.6 Å². The Hall–Kier alpha value is -1.88. The Balaban J connectivity index is 3.12. The standard InChI is InChI=1S/C12H19N5/c1-9(17(2)3)11(15-16-12(13)14)10-7-5-4-6-8-10/h4-9H,1-3H3,(H4,13,14,16). The summed E-state index contributed by atoms with van der Waals surface area (Å²) in [6.07, 6.45) is 0. The summed E-state index contributed by atoms with van der Waals surface area (Å²) in [4.78, 5) is 2.05. The normalized spacial score (nSPS) is 13.5. The quantitative estimate of drug-likeness (QED) is 0.454. The number of hydrogen-bond donors (Lipinski definition) is 2. The predicted molar refractivity (Wildman–Crippen MR) is 71.9 cm³/mol. The van der Waals surface area contributed by atoms with Crippen LogP contribution in [0.25, 0.3) is 0 Å². The number of rotatable bonds is 4. The Bertz CT molecular complexity index is 404. The minimum absolute atomic E-state index is 0.0376. The molecule has 17 heavy (non-hydrogen) atoms. The highest BCUT2D eigenvalue weighted by Gasteiger charge is 2.14. The first-order valence-corrected chi connectivity index (χ1v) is 5.40. The second kappa shape index (κ2) is 6.00. The number of nitrogens with zero attached hydrogens (tertiary/aromatic N) is 3. The van der Waals surface area contributed by atoms with E-state index in [2.05, 4.69) is 10.2 Å². The first-order valence-electron chi connectivity index (χ1n) is 5.40. The molecule has 5 nitrogen and oxygen atoms in total. The minimum atomic E-state index is -0.0376. The molecule has 0 aliphatic rings. The monoisotopic (exact) mass is 233 g/mol. The lowest BCUT2D eigenvalue weighted by molar-refractivity contribution is 0.381. The first-order chi connectivity index (χ1) is 8.02. The second-order valence-electron chi connectivity index (χ2n) is 4.02. The molecule has 1 aromatic rings. The molecule has 1 atom stereocenters. The van der Waals surface area contributed by atoms with Gasteiger partial charge in [0.15, 0.2) is 0 Å². The van der Waals surface area contributed by atoms with Gasteiger partial charge in [0.05, 0.1) is 11.8 Å². The molecule has 0 aromatic heterocycles. The van der Waals surface area contributed by atoms with Crippen molar-refractivity contribution in [1.82, 2.24) is 4.90 Å². The lowest BCUT2D eigenvalue weighted by Gasteiger charge is -2.21. The summed E-state index contributed by atoms with van der Waals surface area (Å²) >= 11 is 0. The molecule has 5 heteroatoms. The van der Waals surface area contributed by atoms with E-state index in [0.29, 0.717) is 0 Å². The maximum absolute atomic E-state index is 5.30. The van der Waals surface area contributed by atoms with E-state index in [9.17, 15) is 0 Å². The van der Waals surface area contributed by atoms with Crippen molar-refractivity contribution in [3.05, 3.63) is 35.9 Å². The van der Waals surface area contributed by atoms with Crippen LogP contribution >= 0.6 is 0 Å². The number of hydrogen-bond acceptors (Lipinski definition) is 3. The molecule has 1 unspecified atom stereocenters. The van der Waals surface area contributed by atoms with Crippen LogP contribution in [0.4, 0.5) is 0 Å². The van der Waals surface area contributed by atoms with Crippen LogP contribution in [0.5, 0.6) is 0 Å². The number of benzene rings is 1. The zero-order valence-electron chi connectivity index (χ0n) is 10.5. The average Bonchev–Trinajstić information content (AvgIpc) is 2.30. The van der Waals surface area contributed by atoms with Crippen molar-refractivity contribution in [2.75, 3.05) is 14.1 Å². The smallest absolute Gasteiger partial charge is 0.211 e. The molecule has 0 saturated carbocycles. The van der Waals surface area contributed by atoms with E-state index < -0.39 is 0 Å². The molecule has 0 spiro atoms. The van der Waals surface area contributed by atoms with Gasteiger partial charge in [0.2, 0.25) is 5.96 Å². The van der Waals surface area contributed by atoms with Crippen LogP contribution in [0.15, 0.2) is 40.5 Å². The van der Waals surface area contributed by atoms with E-state index in [1.807, 2.05) is 56.3 Å². The maximum atomic E-state index is 5.30. The van der Waals surface area contributed by atoms with Crippen LogP contribution in [0, 0.1) is 0 Å². The summed E-state index contributed by atoms with van der Waals surface area (Å²) in [5.41, 5.74) is 12.5. The summed E-state index contributed by atoms with van der Waals surface area (Å²) in [7, 11) is 3.97. The molecular formula is C12H19N5. The van der Waals surface area contributed by atoms with Gasteiger partial charge in [-0.2, -0.15) is 0 Å². The van der Waals surface area contributed by atoms with Gasteiger partial charge in [0.25, 0.3) is 0 Å². The molecule has 1 rings (SSSR count). The van der Waals surface area contributed by atoms with Crippen LogP contribution in [0.3, 0.4) is 0 Å². The van der Waals surface area contributed by atoms with E-state index in [1.165, 1.54) is 0 Å². The highest BCUT2D eigenvalue weighted by molar-refractivity contribution is 6.04. The van der Waals surface area contributed by atoms with Gasteiger partial charge in [-0.15, -0.1) is 10.2 Å². The fourth-order valence-corrected chi connectivity index (χ4v) is 1.35. The van der Waals surface area contributed by atoms with E-state index in [-0.39, 0.29) is 12.0 Å².